The van der Waals surface area contributed by atoms with Crippen LogP contribution >= 0.6 is 11.6 Å². The molecule has 0 aliphatic carbocycles. The van der Waals surface area contributed by atoms with Crippen LogP contribution in [0.1, 0.15) is 55.6 Å². The molecule has 0 bridgehead atoms. The standard InChI is InChI=1S/C20H23ClN2O/c1-5-18(14-8-12-17(21)13-9-14)22-23-19(24)15-6-10-16(11-7-15)20(2,3)4/h6-13H,5H2,1-4H3,(H,23,24)/b22-18+. The summed E-state index contributed by atoms with van der Waals surface area (Å²) in [5, 5.41) is 4.94. The van der Waals surface area contributed by atoms with Gasteiger partial charge in [-0.25, -0.2) is 5.43 Å². The predicted octanol–water partition coefficient (Wildman–Crippen LogP) is 5.18. The number of carbonyl (C=O) groups excluding carboxylic acids is 1. The quantitative estimate of drug-likeness (QED) is 0.603. The second-order valence-electron chi connectivity index (χ2n) is 6.69. The zero-order valence-corrected chi connectivity index (χ0v) is 15.3. The molecule has 0 saturated carbocycles. The van der Waals surface area contributed by atoms with E-state index < -0.39 is 0 Å². The lowest BCUT2D eigenvalue weighted by molar-refractivity contribution is 0.0954. The van der Waals surface area contributed by atoms with E-state index in [-0.39, 0.29) is 11.3 Å². The number of nitrogens with one attached hydrogen (secondary N) is 1. The van der Waals surface area contributed by atoms with Crippen LogP contribution in [0.2, 0.25) is 5.02 Å². The van der Waals surface area contributed by atoms with Crippen molar-refractivity contribution in [3.8, 4) is 0 Å². The monoisotopic (exact) mass is 342 g/mol. The van der Waals surface area contributed by atoms with Gasteiger partial charge in [-0.2, -0.15) is 5.10 Å². The molecule has 2 rings (SSSR count). The summed E-state index contributed by atoms with van der Waals surface area (Å²) in [7, 11) is 0. The van der Waals surface area contributed by atoms with Gasteiger partial charge in [-0.05, 0) is 47.2 Å². The highest BCUT2D eigenvalue weighted by Crippen LogP contribution is 2.22. The average Bonchev–Trinajstić information content (AvgIpc) is 2.56. The molecule has 0 aliphatic rings. The molecule has 0 atom stereocenters. The van der Waals surface area contributed by atoms with Gasteiger partial charge in [0.25, 0.3) is 5.91 Å². The average molecular weight is 343 g/mol. The van der Waals surface area contributed by atoms with Gasteiger partial charge in [0.05, 0.1) is 5.71 Å². The third kappa shape index (κ3) is 4.68. The molecular formula is C20H23ClN2O. The van der Waals surface area contributed by atoms with Crippen molar-refractivity contribution in [1.29, 1.82) is 0 Å². The molecule has 0 heterocycles. The van der Waals surface area contributed by atoms with Crippen molar-refractivity contribution < 1.29 is 4.79 Å². The molecule has 24 heavy (non-hydrogen) atoms. The van der Waals surface area contributed by atoms with Crippen molar-refractivity contribution in [3.63, 3.8) is 0 Å². The van der Waals surface area contributed by atoms with E-state index in [4.69, 9.17) is 11.6 Å². The van der Waals surface area contributed by atoms with E-state index in [1.165, 1.54) is 5.56 Å². The van der Waals surface area contributed by atoms with Gasteiger partial charge in [-0.1, -0.05) is 63.6 Å². The fourth-order valence-electron chi connectivity index (χ4n) is 2.29. The summed E-state index contributed by atoms with van der Waals surface area (Å²) in [6, 6.07) is 15.1. The fraction of sp³-hybridized carbons (Fsp3) is 0.300. The fourth-order valence-corrected chi connectivity index (χ4v) is 2.42. The van der Waals surface area contributed by atoms with Crippen molar-refractivity contribution >= 4 is 23.2 Å². The van der Waals surface area contributed by atoms with Crippen LogP contribution in [0.25, 0.3) is 0 Å². The highest BCUT2D eigenvalue weighted by molar-refractivity contribution is 6.30. The van der Waals surface area contributed by atoms with Gasteiger partial charge in [-0.15, -0.1) is 0 Å². The summed E-state index contributed by atoms with van der Waals surface area (Å²) in [4.78, 5) is 12.3. The molecule has 0 spiro atoms. The Kier molecular flexibility index (Phi) is 5.79. The lowest BCUT2D eigenvalue weighted by Gasteiger charge is -2.18. The molecule has 2 aromatic carbocycles. The van der Waals surface area contributed by atoms with Crippen LogP contribution in [0, 0.1) is 0 Å². The van der Waals surface area contributed by atoms with Gasteiger partial charge < -0.3 is 0 Å². The molecule has 3 nitrogen and oxygen atoms in total. The Bertz CT molecular complexity index is 726. The van der Waals surface area contributed by atoms with Crippen LogP contribution < -0.4 is 5.43 Å². The number of halogens is 1. The van der Waals surface area contributed by atoms with Crippen molar-refractivity contribution in [3.05, 3.63) is 70.2 Å². The summed E-state index contributed by atoms with van der Waals surface area (Å²) < 4.78 is 0. The van der Waals surface area contributed by atoms with E-state index >= 15 is 0 Å². The van der Waals surface area contributed by atoms with E-state index in [1.54, 1.807) is 0 Å². The van der Waals surface area contributed by atoms with E-state index in [2.05, 4.69) is 31.3 Å². The van der Waals surface area contributed by atoms with Crippen molar-refractivity contribution in [2.45, 2.75) is 39.5 Å². The van der Waals surface area contributed by atoms with E-state index in [0.717, 1.165) is 11.3 Å². The normalized spacial score (nSPS) is 12.1. The third-order valence-electron chi connectivity index (χ3n) is 3.82. The van der Waals surface area contributed by atoms with Crippen molar-refractivity contribution in [2.24, 2.45) is 5.10 Å². The Balaban J connectivity index is 2.11. The first-order valence-corrected chi connectivity index (χ1v) is 8.42. The van der Waals surface area contributed by atoms with E-state index in [9.17, 15) is 4.79 Å². The van der Waals surface area contributed by atoms with Crippen LogP contribution in [0.15, 0.2) is 53.6 Å². The first-order valence-electron chi connectivity index (χ1n) is 8.04. The summed E-state index contributed by atoms with van der Waals surface area (Å²) in [6.45, 7) is 8.43. The SMILES string of the molecule is CC/C(=N\NC(=O)c1ccc(C(C)(C)C)cc1)c1ccc(Cl)cc1. The topological polar surface area (TPSA) is 41.5 Å². The van der Waals surface area contributed by atoms with Gasteiger partial charge in [0, 0.05) is 10.6 Å². The van der Waals surface area contributed by atoms with Crippen molar-refractivity contribution in [1.82, 2.24) is 5.43 Å². The van der Waals surface area contributed by atoms with Crippen LogP contribution in [0.5, 0.6) is 0 Å². The van der Waals surface area contributed by atoms with E-state index in [0.29, 0.717) is 17.0 Å². The van der Waals surface area contributed by atoms with Crippen molar-refractivity contribution in [2.75, 3.05) is 0 Å². The minimum atomic E-state index is -0.213. The highest BCUT2D eigenvalue weighted by Gasteiger charge is 2.14. The minimum Gasteiger partial charge on any atom is -0.267 e. The number of amides is 1. The lowest BCUT2D eigenvalue weighted by Crippen LogP contribution is -2.20. The molecule has 0 aliphatic heterocycles. The number of rotatable bonds is 4. The van der Waals surface area contributed by atoms with Gasteiger partial charge in [0.15, 0.2) is 0 Å². The van der Waals surface area contributed by atoms with Crippen LogP contribution in [0.3, 0.4) is 0 Å². The molecular weight excluding hydrogens is 320 g/mol. The van der Waals surface area contributed by atoms with Gasteiger partial charge >= 0.3 is 0 Å². The van der Waals surface area contributed by atoms with Crippen LogP contribution in [-0.2, 0) is 5.41 Å². The Morgan fingerprint density at radius 1 is 1.00 bits per heavy atom. The molecule has 1 N–H and O–H groups in total. The Labute approximate surface area is 148 Å². The smallest absolute Gasteiger partial charge is 0.267 e. The summed E-state index contributed by atoms with van der Waals surface area (Å²) in [5.41, 5.74) is 6.25. The van der Waals surface area contributed by atoms with Gasteiger partial charge in [0.1, 0.15) is 0 Å². The number of hydrazone groups is 1. The molecule has 0 unspecified atom stereocenters. The first kappa shape index (κ1) is 18.2. The van der Waals surface area contributed by atoms with Crippen LogP contribution in [0.4, 0.5) is 0 Å². The second kappa shape index (κ2) is 7.63. The van der Waals surface area contributed by atoms with Gasteiger partial charge in [-0.3, -0.25) is 4.79 Å². The highest BCUT2D eigenvalue weighted by atomic mass is 35.5. The molecule has 0 aromatic heterocycles. The summed E-state index contributed by atoms with van der Waals surface area (Å²) in [5.74, 6) is -0.213. The Hall–Kier alpha value is -2.13. The Morgan fingerprint density at radius 3 is 2.04 bits per heavy atom. The molecule has 0 fully saturated rings. The zero-order chi connectivity index (χ0) is 17.7. The molecule has 2 aromatic rings. The maximum Gasteiger partial charge on any atom is 0.271 e. The number of hydrogen-bond acceptors (Lipinski definition) is 2. The second-order valence-corrected chi connectivity index (χ2v) is 7.12. The molecule has 0 saturated heterocycles. The zero-order valence-electron chi connectivity index (χ0n) is 14.6. The molecule has 0 radical (unpaired) electrons. The maximum absolute atomic E-state index is 12.3. The number of hydrogen-bond donors (Lipinski definition) is 1. The number of benzene rings is 2. The first-order chi connectivity index (χ1) is 11.3. The molecule has 1 amide bonds. The minimum absolute atomic E-state index is 0.0666. The van der Waals surface area contributed by atoms with Crippen LogP contribution in [-0.4, -0.2) is 11.6 Å². The maximum atomic E-state index is 12.3. The molecule has 4 heteroatoms. The number of nitrogens with zero attached hydrogens (tertiary/aromatic N) is 1. The lowest BCUT2D eigenvalue weighted by atomic mass is 9.87. The molecule has 126 valence electrons. The summed E-state index contributed by atoms with van der Waals surface area (Å²) >= 11 is 5.90. The Morgan fingerprint density at radius 2 is 1.54 bits per heavy atom. The van der Waals surface area contributed by atoms with E-state index in [1.807, 2.05) is 55.5 Å². The number of carbonyl (C=O) groups is 1. The predicted molar refractivity (Wildman–Crippen MR) is 101 cm³/mol. The summed E-state index contributed by atoms with van der Waals surface area (Å²) in [6.07, 6.45) is 0.713. The third-order valence-corrected chi connectivity index (χ3v) is 4.07. The van der Waals surface area contributed by atoms with Gasteiger partial charge in [0.2, 0.25) is 0 Å². The largest absolute Gasteiger partial charge is 0.271 e.